The van der Waals surface area contributed by atoms with Crippen molar-refractivity contribution in [2.75, 3.05) is 4.90 Å². The number of anilines is 1. The predicted molar refractivity (Wildman–Crippen MR) is 56.7 cm³/mol. The Morgan fingerprint density at radius 3 is 2.27 bits per heavy atom. The van der Waals surface area contributed by atoms with Gasteiger partial charge in [-0.15, -0.1) is 0 Å². The maximum atomic E-state index is 11.5. The number of urea groups is 1. The minimum atomic E-state index is -0.430. The van der Waals surface area contributed by atoms with Gasteiger partial charge >= 0.3 is 6.03 Å². The van der Waals surface area contributed by atoms with Gasteiger partial charge in [0.25, 0.3) is 5.91 Å². The Kier molecular flexibility index (Phi) is 2.19. The molecular formula is C11H12N2O2. The summed E-state index contributed by atoms with van der Waals surface area (Å²) in [6.07, 6.45) is 0. The molecule has 1 N–H and O–H groups in total. The van der Waals surface area contributed by atoms with E-state index in [-0.39, 0.29) is 11.9 Å². The maximum Gasteiger partial charge on any atom is 0.329 e. The molecule has 0 unspecified atom stereocenters. The number of carbonyl (C=O) groups excluding carboxylic acids is 2. The van der Waals surface area contributed by atoms with Crippen molar-refractivity contribution in [3.63, 3.8) is 0 Å². The zero-order valence-corrected chi connectivity index (χ0v) is 8.65. The number of amides is 3. The lowest BCUT2D eigenvalue weighted by molar-refractivity contribution is -0.119. The molecule has 2 rings (SSSR count). The molecule has 4 heteroatoms. The third kappa shape index (κ3) is 1.58. The van der Waals surface area contributed by atoms with Crippen molar-refractivity contribution in [3.05, 3.63) is 29.8 Å². The van der Waals surface area contributed by atoms with E-state index >= 15 is 0 Å². The number of imide groups is 1. The van der Waals surface area contributed by atoms with Crippen LogP contribution >= 0.6 is 0 Å². The van der Waals surface area contributed by atoms with Crippen molar-refractivity contribution in [2.45, 2.75) is 19.9 Å². The number of carbonyl (C=O) groups is 2. The van der Waals surface area contributed by atoms with Crippen LogP contribution in [-0.4, -0.2) is 18.0 Å². The Morgan fingerprint density at radius 1 is 1.20 bits per heavy atom. The van der Waals surface area contributed by atoms with Gasteiger partial charge in [-0.1, -0.05) is 17.7 Å². The quantitative estimate of drug-likeness (QED) is 0.704. The fraction of sp³-hybridized carbons (Fsp3) is 0.273. The van der Waals surface area contributed by atoms with E-state index in [0.29, 0.717) is 0 Å². The highest BCUT2D eigenvalue weighted by atomic mass is 16.2. The molecule has 1 saturated heterocycles. The van der Waals surface area contributed by atoms with Crippen LogP contribution in [0.5, 0.6) is 0 Å². The van der Waals surface area contributed by atoms with Gasteiger partial charge in [-0.05, 0) is 26.0 Å². The number of aryl methyl sites for hydroxylation is 1. The fourth-order valence-electron chi connectivity index (χ4n) is 1.61. The van der Waals surface area contributed by atoms with E-state index in [0.717, 1.165) is 11.3 Å². The average molecular weight is 204 g/mol. The van der Waals surface area contributed by atoms with E-state index in [9.17, 15) is 9.59 Å². The van der Waals surface area contributed by atoms with Crippen molar-refractivity contribution in [2.24, 2.45) is 0 Å². The van der Waals surface area contributed by atoms with Crippen molar-refractivity contribution < 1.29 is 9.59 Å². The molecule has 1 atom stereocenters. The summed E-state index contributed by atoms with van der Waals surface area (Å²) >= 11 is 0. The lowest BCUT2D eigenvalue weighted by Gasteiger charge is -2.18. The zero-order chi connectivity index (χ0) is 11.0. The molecule has 1 aromatic rings. The highest BCUT2D eigenvalue weighted by Gasteiger charge is 2.35. The Balaban J connectivity index is 2.34. The van der Waals surface area contributed by atoms with Crippen LogP contribution in [0.1, 0.15) is 12.5 Å². The molecule has 1 aromatic carbocycles. The third-order valence-corrected chi connectivity index (χ3v) is 2.53. The van der Waals surface area contributed by atoms with E-state index in [2.05, 4.69) is 5.32 Å². The molecule has 0 aromatic heterocycles. The number of rotatable bonds is 1. The minimum absolute atomic E-state index is 0.249. The first-order valence-electron chi connectivity index (χ1n) is 4.80. The minimum Gasteiger partial charge on any atom is -0.282 e. The number of hydrogen-bond donors (Lipinski definition) is 1. The number of nitrogens with one attached hydrogen (secondary N) is 1. The number of nitrogens with zero attached hydrogens (tertiary/aromatic N) is 1. The van der Waals surface area contributed by atoms with Crippen LogP contribution < -0.4 is 10.2 Å². The molecule has 0 aliphatic carbocycles. The summed E-state index contributed by atoms with van der Waals surface area (Å²) in [5.41, 5.74) is 1.87. The van der Waals surface area contributed by atoms with Crippen LogP contribution in [0.4, 0.5) is 10.5 Å². The van der Waals surface area contributed by atoms with Crippen LogP contribution in [0.2, 0.25) is 0 Å². The molecule has 0 bridgehead atoms. The van der Waals surface area contributed by atoms with Gasteiger partial charge in [0.15, 0.2) is 0 Å². The van der Waals surface area contributed by atoms with E-state index in [1.54, 1.807) is 6.92 Å². The summed E-state index contributed by atoms with van der Waals surface area (Å²) in [6, 6.07) is 6.72. The highest BCUT2D eigenvalue weighted by molar-refractivity contribution is 6.14. The maximum absolute atomic E-state index is 11.5. The second kappa shape index (κ2) is 3.38. The molecule has 1 heterocycles. The Labute approximate surface area is 87.9 Å². The molecule has 4 nitrogen and oxygen atoms in total. The first kappa shape index (κ1) is 9.71. The summed E-state index contributed by atoms with van der Waals surface area (Å²) in [4.78, 5) is 24.2. The van der Waals surface area contributed by atoms with Gasteiger partial charge in [0.1, 0.15) is 6.04 Å². The molecule has 1 fully saturated rings. The Bertz CT molecular complexity index is 411. The average Bonchev–Trinajstić information content (AvgIpc) is 2.44. The number of benzene rings is 1. The fourth-order valence-corrected chi connectivity index (χ4v) is 1.61. The summed E-state index contributed by atoms with van der Waals surface area (Å²) in [5, 5.41) is 2.28. The second-order valence-electron chi connectivity index (χ2n) is 3.68. The van der Waals surface area contributed by atoms with Crippen LogP contribution in [0.25, 0.3) is 0 Å². The molecule has 0 spiro atoms. The molecule has 1 aliphatic heterocycles. The summed E-state index contributed by atoms with van der Waals surface area (Å²) in [6.45, 7) is 3.68. The van der Waals surface area contributed by atoms with Gasteiger partial charge in [0.2, 0.25) is 0 Å². The van der Waals surface area contributed by atoms with Gasteiger partial charge in [-0.3, -0.25) is 15.0 Å². The van der Waals surface area contributed by atoms with E-state index in [4.69, 9.17) is 0 Å². The van der Waals surface area contributed by atoms with E-state index in [1.807, 2.05) is 31.2 Å². The van der Waals surface area contributed by atoms with Crippen LogP contribution in [-0.2, 0) is 4.79 Å². The largest absolute Gasteiger partial charge is 0.329 e. The lowest BCUT2D eigenvalue weighted by atomic mass is 10.2. The van der Waals surface area contributed by atoms with Crippen LogP contribution in [0.15, 0.2) is 24.3 Å². The summed E-state index contributed by atoms with van der Waals surface area (Å²) in [7, 11) is 0. The molecule has 0 radical (unpaired) electrons. The summed E-state index contributed by atoms with van der Waals surface area (Å²) in [5.74, 6) is -0.249. The molecule has 0 saturated carbocycles. The first-order valence-corrected chi connectivity index (χ1v) is 4.80. The third-order valence-electron chi connectivity index (χ3n) is 2.53. The van der Waals surface area contributed by atoms with Crippen molar-refractivity contribution in [3.8, 4) is 0 Å². The molecular weight excluding hydrogens is 192 g/mol. The standard InChI is InChI=1S/C11H12N2O2/c1-7-3-5-9(6-4-7)13-8(2)10(14)12-11(13)15/h3-6,8H,1-2H3,(H,12,14,15)/t8-/m1/s1. The van der Waals surface area contributed by atoms with Gasteiger partial charge < -0.3 is 0 Å². The van der Waals surface area contributed by atoms with Gasteiger partial charge in [-0.2, -0.15) is 0 Å². The Morgan fingerprint density at radius 2 is 1.80 bits per heavy atom. The highest BCUT2D eigenvalue weighted by Crippen LogP contribution is 2.21. The van der Waals surface area contributed by atoms with Crippen molar-refractivity contribution in [1.29, 1.82) is 0 Å². The SMILES string of the molecule is Cc1ccc(N2C(=O)NC(=O)[C@H]2C)cc1. The summed E-state index contributed by atoms with van der Waals surface area (Å²) < 4.78 is 0. The van der Waals surface area contributed by atoms with Gasteiger partial charge in [-0.25, -0.2) is 4.79 Å². The number of hydrogen-bond acceptors (Lipinski definition) is 2. The normalized spacial score (nSPS) is 20.7. The molecule has 3 amide bonds. The smallest absolute Gasteiger partial charge is 0.282 e. The van der Waals surface area contributed by atoms with E-state index in [1.165, 1.54) is 4.90 Å². The topological polar surface area (TPSA) is 49.4 Å². The van der Waals surface area contributed by atoms with Gasteiger partial charge in [0.05, 0.1) is 0 Å². The zero-order valence-electron chi connectivity index (χ0n) is 8.65. The first-order chi connectivity index (χ1) is 7.09. The van der Waals surface area contributed by atoms with Crippen molar-refractivity contribution >= 4 is 17.6 Å². The van der Waals surface area contributed by atoms with Crippen LogP contribution in [0, 0.1) is 6.92 Å². The predicted octanol–water partition coefficient (Wildman–Crippen LogP) is 1.44. The molecule has 78 valence electrons. The Hall–Kier alpha value is -1.84. The second-order valence-corrected chi connectivity index (χ2v) is 3.68. The van der Waals surface area contributed by atoms with Gasteiger partial charge in [0, 0.05) is 5.69 Å². The van der Waals surface area contributed by atoms with Crippen LogP contribution in [0.3, 0.4) is 0 Å². The molecule has 1 aliphatic rings. The lowest BCUT2D eigenvalue weighted by Crippen LogP contribution is -2.32. The van der Waals surface area contributed by atoms with Crippen molar-refractivity contribution in [1.82, 2.24) is 5.32 Å². The molecule has 15 heavy (non-hydrogen) atoms. The monoisotopic (exact) mass is 204 g/mol. The van der Waals surface area contributed by atoms with E-state index < -0.39 is 6.04 Å².